The van der Waals surface area contributed by atoms with Crippen LogP contribution in [0.5, 0.6) is 5.75 Å². The molecule has 3 rings (SSSR count). The lowest BCUT2D eigenvalue weighted by Gasteiger charge is -2.11. The van der Waals surface area contributed by atoms with Crippen molar-refractivity contribution in [2.75, 3.05) is 5.32 Å². The zero-order chi connectivity index (χ0) is 16.9. The van der Waals surface area contributed by atoms with Gasteiger partial charge in [0.25, 0.3) is 11.8 Å². The quantitative estimate of drug-likeness (QED) is 0.735. The largest absolute Gasteiger partial charge is 0.434 e. The zero-order valence-corrected chi connectivity index (χ0v) is 12.2. The van der Waals surface area contributed by atoms with Crippen molar-refractivity contribution in [1.29, 1.82) is 0 Å². The molecule has 1 aromatic heterocycles. The van der Waals surface area contributed by atoms with Crippen LogP contribution < -0.4 is 10.1 Å². The Hall–Kier alpha value is -3.03. The predicted octanol–water partition coefficient (Wildman–Crippen LogP) is 4.09. The minimum Gasteiger partial charge on any atom is -0.434 e. The number of halogens is 3. The normalized spacial score (nSPS) is 10.8. The third-order valence-electron chi connectivity index (χ3n) is 3.16. The Balaban J connectivity index is 1.74. The number of benzene rings is 2. The summed E-state index contributed by atoms with van der Waals surface area (Å²) in [4.78, 5) is 4.12. The van der Waals surface area contributed by atoms with Crippen LogP contribution in [-0.4, -0.2) is 16.8 Å². The fraction of sp³-hybridized carbons (Fsp3) is 0.125. The maximum atomic E-state index is 13.8. The number of hydrogen-bond acceptors (Lipinski definition) is 5. The molecule has 1 N–H and O–H groups in total. The van der Waals surface area contributed by atoms with Gasteiger partial charge in [-0.1, -0.05) is 24.3 Å². The van der Waals surface area contributed by atoms with E-state index in [0.717, 1.165) is 11.6 Å². The Morgan fingerprint density at radius 3 is 2.62 bits per heavy atom. The van der Waals surface area contributed by atoms with E-state index in [4.69, 9.17) is 4.52 Å². The molecular formula is C16H12F3N3O2. The first-order valence-electron chi connectivity index (χ1n) is 6.98. The molecule has 3 aromatic rings. The topological polar surface area (TPSA) is 60.2 Å². The van der Waals surface area contributed by atoms with E-state index in [1.165, 1.54) is 12.1 Å². The van der Waals surface area contributed by atoms with E-state index in [0.29, 0.717) is 0 Å². The smallest absolute Gasteiger partial charge is 0.387 e. The van der Waals surface area contributed by atoms with E-state index in [1.807, 2.05) is 18.2 Å². The molecule has 0 bridgehead atoms. The standard InChI is InChI=1S/C16H12F3N3O2/c17-12-7-4-8-13(23-15(18)19)11(12)9-20-16-21-14(24-22-16)10-5-2-1-3-6-10/h1-8,15H,9H2,(H,20,22). The van der Waals surface area contributed by atoms with Crippen LogP contribution in [0.3, 0.4) is 0 Å². The first-order chi connectivity index (χ1) is 11.6. The highest BCUT2D eigenvalue weighted by molar-refractivity contribution is 5.53. The number of nitrogens with zero attached hydrogens (tertiary/aromatic N) is 2. The summed E-state index contributed by atoms with van der Waals surface area (Å²) in [5, 5.41) is 6.44. The molecule has 0 radical (unpaired) electrons. The Bertz CT molecular complexity index is 809. The van der Waals surface area contributed by atoms with Crippen LogP contribution in [0.1, 0.15) is 5.56 Å². The monoisotopic (exact) mass is 335 g/mol. The highest BCUT2D eigenvalue weighted by Gasteiger charge is 2.15. The van der Waals surface area contributed by atoms with Gasteiger partial charge in [0.2, 0.25) is 0 Å². The Morgan fingerprint density at radius 2 is 1.88 bits per heavy atom. The molecule has 0 saturated carbocycles. The third-order valence-corrected chi connectivity index (χ3v) is 3.16. The van der Waals surface area contributed by atoms with Crippen LogP contribution in [0.25, 0.3) is 11.5 Å². The van der Waals surface area contributed by atoms with Gasteiger partial charge in [-0.15, -0.1) is 0 Å². The fourth-order valence-corrected chi connectivity index (χ4v) is 2.08. The molecule has 8 heteroatoms. The number of hydrogen-bond donors (Lipinski definition) is 1. The van der Waals surface area contributed by atoms with Crippen molar-refractivity contribution in [3.63, 3.8) is 0 Å². The summed E-state index contributed by atoms with van der Waals surface area (Å²) in [7, 11) is 0. The van der Waals surface area contributed by atoms with E-state index in [1.54, 1.807) is 12.1 Å². The maximum Gasteiger partial charge on any atom is 0.387 e. The number of rotatable bonds is 6. The second-order valence-electron chi connectivity index (χ2n) is 4.74. The molecule has 0 unspecified atom stereocenters. The van der Waals surface area contributed by atoms with Gasteiger partial charge in [-0.3, -0.25) is 0 Å². The van der Waals surface area contributed by atoms with E-state index in [9.17, 15) is 13.2 Å². The van der Waals surface area contributed by atoms with E-state index >= 15 is 0 Å². The molecule has 0 atom stereocenters. The van der Waals surface area contributed by atoms with Crippen molar-refractivity contribution in [3.8, 4) is 17.2 Å². The highest BCUT2D eigenvalue weighted by Crippen LogP contribution is 2.24. The first-order valence-corrected chi connectivity index (χ1v) is 6.98. The Morgan fingerprint density at radius 1 is 1.08 bits per heavy atom. The van der Waals surface area contributed by atoms with Gasteiger partial charge in [-0.2, -0.15) is 13.8 Å². The van der Waals surface area contributed by atoms with E-state index in [-0.39, 0.29) is 29.7 Å². The van der Waals surface area contributed by atoms with Crippen molar-refractivity contribution >= 4 is 5.95 Å². The molecule has 0 aliphatic carbocycles. The van der Waals surface area contributed by atoms with E-state index < -0.39 is 12.4 Å². The summed E-state index contributed by atoms with van der Waals surface area (Å²) in [6.07, 6.45) is 0. The van der Waals surface area contributed by atoms with Gasteiger partial charge in [-0.25, -0.2) is 4.39 Å². The lowest BCUT2D eigenvalue weighted by Crippen LogP contribution is -2.09. The Labute approximate surface area is 135 Å². The second-order valence-corrected chi connectivity index (χ2v) is 4.74. The second kappa shape index (κ2) is 7.03. The highest BCUT2D eigenvalue weighted by atomic mass is 19.3. The lowest BCUT2D eigenvalue weighted by molar-refractivity contribution is -0.0505. The molecular weight excluding hydrogens is 323 g/mol. The predicted molar refractivity (Wildman–Crippen MR) is 80.1 cm³/mol. The third kappa shape index (κ3) is 3.65. The zero-order valence-electron chi connectivity index (χ0n) is 12.2. The van der Waals surface area contributed by atoms with Gasteiger partial charge in [0.05, 0.1) is 0 Å². The molecule has 0 aliphatic heterocycles. The van der Waals surface area contributed by atoms with Crippen molar-refractivity contribution < 1.29 is 22.4 Å². The summed E-state index contributed by atoms with van der Waals surface area (Å²) in [5.74, 6) is -0.521. The summed E-state index contributed by atoms with van der Waals surface area (Å²) in [5.41, 5.74) is 0.675. The average Bonchev–Trinajstić information content (AvgIpc) is 3.04. The molecule has 0 saturated heterocycles. The van der Waals surface area contributed by atoms with Gasteiger partial charge in [0.1, 0.15) is 11.6 Å². The van der Waals surface area contributed by atoms with Crippen molar-refractivity contribution in [1.82, 2.24) is 10.1 Å². The molecule has 0 fully saturated rings. The maximum absolute atomic E-state index is 13.8. The lowest BCUT2D eigenvalue weighted by atomic mass is 10.2. The van der Waals surface area contributed by atoms with Crippen LogP contribution >= 0.6 is 0 Å². The van der Waals surface area contributed by atoms with Crippen LogP contribution in [0.15, 0.2) is 53.1 Å². The van der Waals surface area contributed by atoms with Crippen LogP contribution in [-0.2, 0) is 6.54 Å². The summed E-state index contributed by atoms with van der Waals surface area (Å²) in [6.45, 7) is -3.18. The van der Waals surface area contributed by atoms with Crippen LogP contribution in [0.4, 0.5) is 19.1 Å². The molecule has 5 nitrogen and oxygen atoms in total. The minimum absolute atomic E-state index is 0.0520. The summed E-state index contributed by atoms with van der Waals surface area (Å²) in [6, 6.07) is 12.8. The first kappa shape index (κ1) is 15.9. The van der Waals surface area contributed by atoms with Crippen LogP contribution in [0.2, 0.25) is 0 Å². The number of ether oxygens (including phenoxy) is 1. The molecule has 24 heavy (non-hydrogen) atoms. The number of anilines is 1. The Kier molecular flexibility index (Phi) is 4.64. The molecule has 1 heterocycles. The minimum atomic E-state index is -3.04. The molecule has 0 aliphatic rings. The fourth-order valence-electron chi connectivity index (χ4n) is 2.08. The van der Waals surface area contributed by atoms with Crippen molar-refractivity contribution in [2.24, 2.45) is 0 Å². The SMILES string of the molecule is Fc1cccc(OC(F)F)c1CNc1noc(-c2ccccc2)n1. The molecule has 0 spiro atoms. The average molecular weight is 335 g/mol. The summed E-state index contributed by atoms with van der Waals surface area (Å²) >= 11 is 0. The van der Waals surface area contributed by atoms with E-state index in [2.05, 4.69) is 20.2 Å². The van der Waals surface area contributed by atoms with Gasteiger partial charge in [0, 0.05) is 17.7 Å². The van der Waals surface area contributed by atoms with Gasteiger partial charge in [-0.05, 0) is 29.4 Å². The number of nitrogens with one attached hydrogen (secondary N) is 1. The van der Waals surface area contributed by atoms with Gasteiger partial charge in [0.15, 0.2) is 0 Å². The number of alkyl halides is 2. The molecule has 0 amide bonds. The number of aromatic nitrogens is 2. The van der Waals surface area contributed by atoms with Crippen molar-refractivity contribution in [2.45, 2.75) is 13.2 Å². The summed E-state index contributed by atoms with van der Waals surface area (Å²) < 4.78 is 48.0. The van der Waals surface area contributed by atoms with Crippen molar-refractivity contribution in [3.05, 3.63) is 59.9 Å². The van der Waals surface area contributed by atoms with Gasteiger partial charge >= 0.3 is 6.61 Å². The molecule has 2 aromatic carbocycles. The molecule has 124 valence electrons. The van der Waals surface area contributed by atoms with Gasteiger partial charge < -0.3 is 14.6 Å². The van der Waals surface area contributed by atoms with Crippen LogP contribution in [0, 0.1) is 5.82 Å².